The maximum Gasteiger partial charge on any atom is 1.00 e. The third-order valence-electron chi connectivity index (χ3n) is 9.69. The summed E-state index contributed by atoms with van der Waals surface area (Å²) in [7, 11) is -3.11. The van der Waals surface area contributed by atoms with Crippen LogP contribution in [0.2, 0.25) is 0 Å². The molecule has 0 amide bonds. The monoisotopic (exact) mass is 995 g/mol. The van der Waals surface area contributed by atoms with E-state index in [1.807, 2.05) is 37.3 Å². The average Bonchev–Trinajstić information content (AvgIpc) is 3.28. The zero-order valence-corrected chi connectivity index (χ0v) is 43.5. The molecule has 0 aliphatic carbocycles. The van der Waals surface area contributed by atoms with Crippen molar-refractivity contribution < 1.29 is 104 Å². The van der Waals surface area contributed by atoms with E-state index < -0.39 is 36.7 Å². The van der Waals surface area contributed by atoms with Crippen LogP contribution in [0.1, 0.15) is 51.2 Å². The van der Waals surface area contributed by atoms with Gasteiger partial charge >= 0.3 is 35.5 Å². The first-order valence-corrected chi connectivity index (χ1v) is 23.9. The Balaban J connectivity index is 0.0000218. The van der Waals surface area contributed by atoms with Gasteiger partial charge in [0.1, 0.15) is 21.5 Å². The molecule has 2 aromatic carbocycles. The summed E-state index contributed by atoms with van der Waals surface area (Å²) >= 11 is 6.98. The van der Waals surface area contributed by atoms with E-state index in [9.17, 15) is 22.6 Å². The molecule has 3 unspecified atom stereocenters. The Hall–Kier alpha value is -2.14. The molecule has 17 nitrogen and oxygen atoms in total. The van der Waals surface area contributed by atoms with Crippen molar-refractivity contribution in [1.29, 1.82) is 0 Å². The molecule has 0 aliphatic heterocycles. The van der Waals surface area contributed by atoms with E-state index in [0.717, 1.165) is 17.3 Å². The molecule has 66 heavy (non-hydrogen) atoms. The quantitative estimate of drug-likeness (QED) is 0.0179. The van der Waals surface area contributed by atoms with Gasteiger partial charge in [0.25, 0.3) is 6.47 Å². The summed E-state index contributed by atoms with van der Waals surface area (Å²) in [4.78, 5) is 28.5. The summed E-state index contributed by atoms with van der Waals surface area (Å²) in [5.41, 5.74) is -0.755. The Bertz CT molecular complexity index is 1780. The summed E-state index contributed by atoms with van der Waals surface area (Å²) in [5, 5.41) is 0. The first kappa shape index (κ1) is 61.9. The third-order valence-corrected chi connectivity index (χ3v) is 12.2. The van der Waals surface area contributed by atoms with Crippen LogP contribution in [0.4, 0.5) is 0 Å². The molecule has 366 valence electrons. The predicted octanol–water partition coefficient (Wildman–Crippen LogP) is 2.06. The topological polar surface area (TPSA) is 197 Å². The minimum atomic E-state index is -4.73. The zero-order valence-electron chi connectivity index (χ0n) is 39.0. The number of hydrogen-bond donors (Lipinski definition) is 0. The molecule has 0 saturated heterocycles. The fourth-order valence-electron chi connectivity index (χ4n) is 6.50. The van der Waals surface area contributed by atoms with Crippen LogP contribution in [0, 0.1) is 6.57 Å². The van der Waals surface area contributed by atoms with Crippen LogP contribution in [0.5, 0.6) is 0 Å². The van der Waals surface area contributed by atoms with E-state index in [1.165, 1.54) is 24.3 Å². The Kier molecular flexibility index (Phi) is 33.7. The minimum absolute atomic E-state index is 0. The normalized spacial score (nSPS) is 14.2. The van der Waals surface area contributed by atoms with Crippen LogP contribution in [-0.2, 0) is 77.2 Å². The van der Waals surface area contributed by atoms with E-state index in [2.05, 4.69) is 4.85 Å². The van der Waals surface area contributed by atoms with Crippen LogP contribution in [0.3, 0.4) is 0 Å². The molecule has 0 aliphatic rings. The Morgan fingerprint density at radius 2 is 1.11 bits per heavy atom. The SMILES string of the molecule is [C-]#[N+]C(C)(CCOC=O)CC(C)(CC(C)(SC(=S)c1ccccc1)C(=O)OCCOCCOCCOCCOCCOCCOCCOCCOCCOC)c1ccc(S(=O)(=O)[O-])cc1.[Na+]. The molecule has 0 radical (unpaired) electrons. The van der Waals surface area contributed by atoms with Crippen LogP contribution in [0.25, 0.3) is 4.85 Å². The molecule has 2 aromatic rings. The average molecular weight is 996 g/mol. The summed E-state index contributed by atoms with van der Waals surface area (Å²) < 4.78 is 94.0. The van der Waals surface area contributed by atoms with Gasteiger partial charge in [-0.15, -0.1) is 0 Å². The number of ether oxygens (including phenoxy) is 11. The Morgan fingerprint density at radius 1 is 0.682 bits per heavy atom. The van der Waals surface area contributed by atoms with Crippen molar-refractivity contribution in [2.24, 2.45) is 0 Å². The van der Waals surface area contributed by atoms with Crippen molar-refractivity contribution >= 4 is 50.7 Å². The maximum absolute atomic E-state index is 14.1. The summed E-state index contributed by atoms with van der Waals surface area (Å²) in [6.45, 7) is 20.8. The van der Waals surface area contributed by atoms with Gasteiger partial charge in [-0.3, -0.25) is 9.59 Å². The molecule has 0 bridgehead atoms. The van der Waals surface area contributed by atoms with Gasteiger partial charge < -0.3 is 61.5 Å². The van der Waals surface area contributed by atoms with Gasteiger partial charge in [-0.25, -0.2) is 15.0 Å². The van der Waals surface area contributed by atoms with Crippen LogP contribution < -0.4 is 29.6 Å². The second-order valence-corrected chi connectivity index (χ2v) is 18.8. The van der Waals surface area contributed by atoms with Crippen molar-refractivity contribution in [2.45, 2.75) is 60.6 Å². The zero-order chi connectivity index (χ0) is 47.7. The molecule has 0 fully saturated rings. The minimum Gasteiger partial charge on any atom is -0.744 e. The second-order valence-electron chi connectivity index (χ2n) is 15.2. The van der Waals surface area contributed by atoms with Gasteiger partial charge in [0.05, 0.1) is 134 Å². The van der Waals surface area contributed by atoms with Crippen molar-refractivity contribution in [1.82, 2.24) is 0 Å². The summed E-state index contributed by atoms with van der Waals surface area (Å²) in [6, 6.07) is 14.7. The van der Waals surface area contributed by atoms with Gasteiger partial charge in [0.2, 0.25) is 5.54 Å². The number of hydrogen-bond acceptors (Lipinski definition) is 18. The second kappa shape index (κ2) is 35.9. The first-order valence-electron chi connectivity index (χ1n) is 21.3. The molecule has 0 heterocycles. The van der Waals surface area contributed by atoms with Crippen molar-refractivity contribution in [2.75, 3.05) is 133 Å². The van der Waals surface area contributed by atoms with Crippen LogP contribution in [0.15, 0.2) is 59.5 Å². The van der Waals surface area contributed by atoms with E-state index in [0.29, 0.717) is 115 Å². The molecule has 2 rings (SSSR count). The van der Waals surface area contributed by atoms with Crippen LogP contribution in [-0.4, -0.2) is 173 Å². The van der Waals surface area contributed by atoms with E-state index >= 15 is 0 Å². The molecule has 3 atom stereocenters. The fourth-order valence-corrected chi connectivity index (χ4v) is 8.86. The van der Waals surface area contributed by atoms with Crippen molar-refractivity contribution in [3.63, 3.8) is 0 Å². The summed E-state index contributed by atoms with van der Waals surface area (Å²) in [5.74, 6) is -0.576. The molecular formula is C45H66NNaO16S3. The van der Waals surface area contributed by atoms with Crippen LogP contribution >= 0.6 is 24.0 Å². The number of thiocarbonyl (C=S) groups is 1. The smallest absolute Gasteiger partial charge is 0.744 e. The van der Waals surface area contributed by atoms with Gasteiger partial charge in [-0.05, 0) is 36.6 Å². The van der Waals surface area contributed by atoms with Crippen molar-refractivity contribution in [3.05, 3.63) is 77.1 Å². The third kappa shape index (κ3) is 26.6. The van der Waals surface area contributed by atoms with Gasteiger partial charge in [0, 0.05) is 25.9 Å². The van der Waals surface area contributed by atoms with E-state index in [1.54, 1.807) is 21.0 Å². The molecular weight excluding hydrogens is 930 g/mol. The number of carbonyl (C=O) groups is 2. The van der Waals surface area contributed by atoms with E-state index in [-0.39, 0.29) is 75.2 Å². The number of methoxy groups -OCH3 is 1. The summed E-state index contributed by atoms with van der Waals surface area (Å²) in [6.07, 6.45) is 0.439. The number of esters is 1. The largest absolute Gasteiger partial charge is 1.00 e. The predicted molar refractivity (Wildman–Crippen MR) is 246 cm³/mol. The van der Waals surface area contributed by atoms with Gasteiger partial charge in [0.15, 0.2) is 0 Å². The Labute approximate surface area is 422 Å². The van der Waals surface area contributed by atoms with Crippen molar-refractivity contribution in [3.8, 4) is 0 Å². The number of rotatable bonds is 40. The number of thioether (sulfide) groups is 1. The van der Waals surface area contributed by atoms with Gasteiger partial charge in [-0.2, -0.15) is 0 Å². The molecule has 0 N–H and O–H groups in total. The standard InChI is InChI=1S/C45H67NO16S3.Na/c1-43(35-44(2,46-4)15-16-61-37-47,39-11-13-40(14-12-39)65(49,50)51)36-45(3,64-41(63)38-9-7-6-8-10-38)42(48)62-34-33-60-32-31-59-30-29-58-28-27-57-26-25-56-24-23-55-22-21-54-20-19-53-18-17-52-5;/h6-14,37H,15-36H2,1-3,5H3,(H,49,50,51);/q;+1/p-1. The number of carbonyl (C=O) groups excluding carboxylic acids is 2. The molecule has 0 aromatic heterocycles. The molecule has 21 heteroatoms. The Morgan fingerprint density at radius 3 is 1.50 bits per heavy atom. The number of benzene rings is 2. The van der Waals surface area contributed by atoms with Gasteiger partial charge in [-0.1, -0.05) is 73.4 Å². The fraction of sp³-hybridized carbons (Fsp3) is 0.644. The van der Waals surface area contributed by atoms with E-state index in [4.69, 9.17) is 70.9 Å². The maximum atomic E-state index is 14.1. The molecule has 0 saturated carbocycles. The molecule has 0 spiro atoms. The first-order chi connectivity index (χ1) is 31.2. The number of nitrogens with zero attached hydrogens (tertiary/aromatic N) is 1.